The Kier molecular flexibility index (Phi) is 3.63. The number of aryl methyl sites for hydroxylation is 1. The van der Waals surface area contributed by atoms with Crippen molar-refractivity contribution in [1.29, 1.82) is 0 Å². The predicted molar refractivity (Wildman–Crippen MR) is 64.1 cm³/mol. The predicted octanol–water partition coefficient (Wildman–Crippen LogP) is 2.73. The first-order valence-electron chi connectivity index (χ1n) is 4.94. The second kappa shape index (κ2) is 5.18. The van der Waals surface area contributed by atoms with Crippen LogP contribution in [0.5, 0.6) is 11.5 Å². The molecule has 90 valence electrons. The fraction of sp³-hybridized carbons (Fsp3) is 0.273. The number of rotatable bonds is 4. The van der Waals surface area contributed by atoms with Gasteiger partial charge in [-0.1, -0.05) is 5.16 Å². The fourth-order valence-corrected chi connectivity index (χ4v) is 1.74. The molecule has 1 aromatic heterocycles. The van der Waals surface area contributed by atoms with Crippen LogP contribution in [-0.2, 0) is 6.61 Å². The molecule has 0 saturated heterocycles. The van der Waals surface area contributed by atoms with E-state index in [0.717, 1.165) is 10.2 Å². The minimum Gasteiger partial charge on any atom is -0.497 e. The average molecular weight is 299 g/mol. The lowest BCUT2D eigenvalue weighted by Gasteiger charge is -2.07. The third-order valence-electron chi connectivity index (χ3n) is 2.06. The lowest BCUT2D eigenvalue weighted by Crippen LogP contribution is -1.96. The molecule has 0 bridgehead atoms. The summed E-state index contributed by atoms with van der Waals surface area (Å²) in [5.41, 5.74) is 0. The van der Waals surface area contributed by atoms with Crippen molar-refractivity contribution >= 4 is 15.9 Å². The maximum atomic E-state index is 5.54. The summed E-state index contributed by atoms with van der Waals surface area (Å²) in [5.74, 6) is 2.50. The molecule has 0 aliphatic rings. The van der Waals surface area contributed by atoms with E-state index in [-0.39, 0.29) is 6.61 Å². The second-order valence-corrected chi connectivity index (χ2v) is 4.17. The molecule has 0 saturated carbocycles. The zero-order valence-electron chi connectivity index (χ0n) is 9.44. The normalized spacial score (nSPS) is 10.3. The van der Waals surface area contributed by atoms with Crippen molar-refractivity contribution in [2.24, 2.45) is 0 Å². The number of halogens is 1. The highest BCUT2D eigenvalue weighted by molar-refractivity contribution is 9.10. The van der Waals surface area contributed by atoms with Crippen LogP contribution in [0.2, 0.25) is 0 Å². The van der Waals surface area contributed by atoms with E-state index in [1.807, 2.05) is 18.2 Å². The third kappa shape index (κ3) is 2.97. The summed E-state index contributed by atoms with van der Waals surface area (Å²) in [4.78, 5) is 4.05. The SMILES string of the molecule is COc1ccc(OCc2nc(C)no2)c(Br)c1. The molecule has 0 radical (unpaired) electrons. The van der Waals surface area contributed by atoms with E-state index in [2.05, 4.69) is 26.1 Å². The van der Waals surface area contributed by atoms with Gasteiger partial charge in [-0.15, -0.1) is 0 Å². The van der Waals surface area contributed by atoms with Crippen molar-refractivity contribution in [2.45, 2.75) is 13.5 Å². The van der Waals surface area contributed by atoms with Crippen molar-refractivity contribution in [1.82, 2.24) is 10.1 Å². The largest absolute Gasteiger partial charge is 0.497 e. The van der Waals surface area contributed by atoms with Crippen molar-refractivity contribution in [3.05, 3.63) is 34.4 Å². The lowest BCUT2D eigenvalue weighted by molar-refractivity contribution is 0.241. The summed E-state index contributed by atoms with van der Waals surface area (Å²) in [5, 5.41) is 3.68. The molecule has 6 heteroatoms. The van der Waals surface area contributed by atoms with Crippen molar-refractivity contribution < 1.29 is 14.0 Å². The van der Waals surface area contributed by atoms with E-state index in [1.54, 1.807) is 14.0 Å². The smallest absolute Gasteiger partial charge is 0.264 e. The van der Waals surface area contributed by atoms with Gasteiger partial charge in [-0.2, -0.15) is 4.98 Å². The maximum Gasteiger partial charge on any atom is 0.264 e. The molecule has 0 N–H and O–H groups in total. The Morgan fingerprint density at radius 3 is 2.82 bits per heavy atom. The molecule has 1 heterocycles. The highest BCUT2D eigenvalue weighted by atomic mass is 79.9. The summed E-state index contributed by atoms with van der Waals surface area (Å²) >= 11 is 3.40. The fourth-order valence-electron chi connectivity index (χ4n) is 1.26. The summed E-state index contributed by atoms with van der Waals surface area (Å²) in [6, 6.07) is 5.46. The molecular weight excluding hydrogens is 288 g/mol. The molecule has 0 aliphatic heterocycles. The van der Waals surface area contributed by atoms with Crippen LogP contribution in [0, 0.1) is 6.92 Å². The number of ether oxygens (including phenoxy) is 2. The standard InChI is InChI=1S/C11H11BrN2O3/c1-7-13-11(17-14-7)6-16-10-4-3-8(15-2)5-9(10)12/h3-5H,6H2,1-2H3. The first-order chi connectivity index (χ1) is 8.19. The lowest BCUT2D eigenvalue weighted by atomic mass is 10.3. The number of hydrogen-bond acceptors (Lipinski definition) is 5. The van der Waals surface area contributed by atoms with Crippen LogP contribution in [0.15, 0.2) is 27.2 Å². The van der Waals surface area contributed by atoms with Gasteiger partial charge >= 0.3 is 0 Å². The molecule has 0 atom stereocenters. The van der Waals surface area contributed by atoms with E-state index >= 15 is 0 Å². The van der Waals surface area contributed by atoms with Gasteiger partial charge in [-0.05, 0) is 41.1 Å². The number of aromatic nitrogens is 2. The number of nitrogens with zero attached hydrogens (tertiary/aromatic N) is 2. The van der Waals surface area contributed by atoms with Crippen molar-refractivity contribution in [3.8, 4) is 11.5 Å². The molecular formula is C11H11BrN2O3. The summed E-state index contributed by atoms with van der Waals surface area (Å²) in [7, 11) is 1.61. The molecule has 5 nitrogen and oxygen atoms in total. The Morgan fingerprint density at radius 2 is 2.24 bits per heavy atom. The molecule has 0 spiro atoms. The molecule has 1 aromatic carbocycles. The van der Waals surface area contributed by atoms with Crippen LogP contribution in [0.1, 0.15) is 11.7 Å². The molecule has 2 rings (SSSR count). The van der Waals surface area contributed by atoms with E-state index in [4.69, 9.17) is 14.0 Å². The van der Waals surface area contributed by atoms with Gasteiger partial charge in [0.1, 0.15) is 11.5 Å². The Labute approximate surface area is 107 Å². The van der Waals surface area contributed by atoms with Gasteiger partial charge in [0, 0.05) is 0 Å². The highest BCUT2D eigenvalue weighted by Crippen LogP contribution is 2.29. The van der Waals surface area contributed by atoms with E-state index in [0.29, 0.717) is 17.5 Å². The van der Waals surface area contributed by atoms with Crippen LogP contribution in [0.25, 0.3) is 0 Å². The van der Waals surface area contributed by atoms with Crippen LogP contribution < -0.4 is 9.47 Å². The Bertz CT molecular complexity index is 513. The second-order valence-electron chi connectivity index (χ2n) is 3.32. The molecule has 0 unspecified atom stereocenters. The van der Waals surface area contributed by atoms with E-state index < -0.39 is 0 Å². The Hall–Kier alpha value is -1.56. The van der Waals surface area contributed by atoms with Crippen LogP contribution in [-0.4, -0.2) is 17.3 Å². The topological polar surface area (TPSA) is 57.4 Å². The van der Waals surface area contributed by atoms with Gasteiger partial charge in [-0.25, -0.2) is 0 Å². The molecule has 17 heavy (non-hydrogen) atoms. The van der Waals surface area contributed by atoms with Gasteiger partial charge < -0.3 is 14.0 Å². The molecule has 2 aromatic rings. The summed E-state index contributed by atoms with van der Waals surface area (Å²) < 4.78 is 16.4. The van der Waals surface area contributed by atoms with Crippen LogP contribution in [0.4, 0.5) is 0 Å². The Balaban J connectivity index is 2.04. The first kappa shape index (κ1) is 11.9. The minimum absolute atomic E-state index is 0.242. The van der Waals surface area contributed by atoms with Crippen LogP contribution in [0.3, 0.4) is 0 Å². The average Bonchev–Trinajstić information content (AvgIpc) is 2.73. The van der Waals surface area contributed by atoms with Gasteiger partial charge in [0.15, 0.2) is 12.4 Å². The summed E-state index contributed by atoms with van der Waals surface area (Å²) in [6.07, 6.45) is 0. The maximum absolute atomic E-state index is 5.54. The number of hydrogen-bond donors (Lipinski definition) is 0. The molecule has 0 amide bonds. The van der Waals surface area contributed by atoms with Crippen molar-refractivity contribution in [2.75, 3.05) is 7.11 Å². The van der Waals surface area contributed by atoms with E-state index in [9.17, 15) is 0 Å². The number of methoxy groups -OCH3 is 1. The van der Waals surface area contributed by atoms with E-state index in [1.165, 1.54) is 0 Å². The van der Waals surface area contributed by atoms with Gasteiger partial charge in [0.05, 0.1) is 11.6 Å². The highest BCUT2D eigenvalue weighted by Gasteiger charge is 2.06. The summed E-state index contributed by atoms with van der Waals surface area (Å²) in [6.45, 7) is 2.00. The number of benzene rings is 1. The quantitative estimate of drug-likeness (QED) is 0.869. The van der Waals surface area contributed by atoms with Gasteiger partial charge in [-0.3, -0.25) is 0 Å². The molecule has 0 fully saturated rings. The first-order valence-corrected chi connectivity index (χ1v) is 5.74. The van der Waals surface area contributed by atoms with Gasteiger partial charge in [0.2, 0.25) is 0 Å². The zero-order valence-corrected chi connectivity index (χ0v) is 11.0. The zero-order chi connectivity index (χ0) is 12.3. The molecule has 0 aliphatic carbocycles. The Morgan fingerprint density at radius 1 is 1.41 bits per heavy atom. The minimum atomic E-state index is 0.242. The monoisotopic (exact) mass is 298 g/mol. The third-order valence-corrected chi connectivity index (χ3v) is 2.68. The van der Waals surface area contributed by atoms with Gasteiger partial charge in [0.25, 0.3) is 5.89 Å². The van der Waals surface area contributed by atoms with Crippen molar-refractivity contribution in [3.63, 3.8) is 0 Å². The van der Waals surface area contributed by atoms with Crippen LogP contribution >= 0.6 is 15.9 Å².